The van der Waals surface area contributed by atoms with Gasteiger partial charge in [-0.05, 0) is 24.6 Å². The molecule has 0 saturated heterocycles. The molecule has 1 heterocycles. The molecule has 6 heteroatoms. The summed E-state index contributed by atoms with van der Waals surface area (Å²) in [4.78, 5) is 3.98. The molecule has 0 N–H and O–H groups in total. The van der Waals surface area contributed by atoms with Crippen LogP contribution in [0.4, 0.5) is 5.69 Å². The SMILES string of the molecule is COc1cncc(S(=O)(=O)N(C)c2cccc(C)c2)c1. The molecule has 0 unspecified atom stereocenters. The van der Waals surface area contributed by atoms with Gasteiger partial charge in [0.1, 0.15) is 10.6 Å². The maximum atomic E-state index is 12.5. The van der Waals surface area contributed by atoms with Crippen molar-refractivity contribution in [1.82, 2.24) is 4.98 Å². The van der Waals surface area contributed by atoms with Gasteiger partial charge in [-0.15, -0.1) is 0 Å². The summed E-state index contributed by atoms with van der Waals surface area (Å²) in [5.41, 5.74) is 1.60. The average molecular weight is 292 g/mol. The largest absolute Gasteiger partial charge is 0.495 e. The molecule has 0 radical (unpaired) electrons. The zero-order valence-corrected chi connectivity index (χ0v) is 12.4. The van der Waals surface area contributed by atoms with Gasteiger partial charge >= 0.3 is 0 Å². The Labute approximate surface area is 118 Å². The Morgan fingerprint density at radius 1 is 1.20 bits per heavy atom. The highest BCUT2D eigenvalue weighted by atomic mass is 32.2. The van der Waals surface area contributed by atoms with Crippen molar-refractivity contribution in [2.75, 3.05) is 18.5 Å². The van der Waals surface area contributed by atoms with Crippen molar-refractivity contribution in [2.45, 2.75) is 11.8 Å². The Bertz CT molecular complexity index is 714. The molecule has 1 aromatic carbocycles. The Kier molecular flexibility index (Phi) is 3.94. The Morgan fingerprint density at radius 3 is 2.60 bits per heavy atom. The lowest BCUT2D eigenvalue weighted by Gasteiger charge is -2.19. The fourth-order valence-electron chi connectivity index (χ4n) is 1.77. The van der Waals surface area contributed by atoms with E-state index in [1.807, 2.05) is 25.1 Å². The van der Waals surface area contributed by atoms with E-state index in [-0.39, 0.29) is 4.90 Å². The monoisotopic (exact) mass is 292 g/mol. The van der Waals surface area contributed by atoms with Gasteiger partial charge in [-0.1, -0.05) is 12.1 Å². The summed E-state index contributed by atoms with van der Waals surface area (Å²) < 4.78 is 31.3. The smallest absolute Gasteiger partial charge is 0.265 e. The first-order valence-electron chi connectivity index (χ1n) is 6.00. The molecule has 0 aliphatic carbocycles. The van der Waals surface area contributed by atoms with Gasteiger partial charge in [0.15, 0.2) is 0 Å². The van der Waals surface area contributed by atoms with Crippen LogP contribution in [-0.2, 0) is 10.0 Å². The van der Waals surface area contributed by atoms with Crippen LogP contribution in [0.25, 0.3) is 0 Å². The van der Waals surface area contributed by atoms with Gasteiger partial charge in [-0.3, -0.25) is 9.29 Å². The zero-order valence-electron chi connectivity index (χ0n) is 11.6. The van der Waals surface area contributed by atoms with Crippen LogP contribution in [0.2, 0.25) is 0 Å². The van der Waals surface area contributed by atoms with Gasteiger partial charge in [0.05, 0.1) is 19.0 Å². The minimum absolute atomic E-state index is 0.0980. The third-order valence-electron chi connectivity index (χ3n) is 2.95. The van der Waals surface area contributed by atoms with E-state index in [1.165, 1.54) is 36.9 Å². The summed E-state index contributed by atoms with van der Waals surface area (Å²) in [6, 6.07) is 8.75. The third-order valence-corrected chi connectivity index (χ3v) is 4.70. The predicted molar refractivity (Wildman–Crippen MR) is 77.6 cm³/mol. The Hall–Kier alpha value is -2.08. The fourth-order valence-corrected chi connectivity index (χ4v) is 2.94. The van der Waals surface area contributed by atoms with Crippen LogP contribution in [0.3, 0.4) is 0 Å². The van der Waals surface area contributed by atoms with Gasteiger partial charge < -0.3 is 4.74 Å². The number of benzene rings is 1. The van der Waals surface area contributed by atoms with Crippen molar-refractivity contribution in [3.05, 3.63) is 48.3 Å². The molecule has 0 aliphatic rings. The molecule has 0 fully saturated rings. The highest BCUT2D eigenvalue weighted by molar-refractivity contribution is 7.92. The number of pyridine rings is 1. The topological polar surface area (TPSA) is 59.5 Å². The number of aryl methyl sites for hydroxylation is 1. The number of hydrogen-bond acceptors (Lipinski definition) is 4. The van der Waals surface area contributed by atoms with E-state index in [4.69, 9.17) is 4.74 Å². The van der Waals surface area contributed by atoms with Crippen molar-refractivity contribution in [3.8, 4) is 5.75 Å². The van der Waals surface area contributed by atoms with E-state index in [0.29, 0.717) is 11.4 Å². The molecule has 5 nitrogen and oxygen atoms in total. The normalized spacial score (nSPS) is 11.2. The van der Waals surface area contributed by atoms with Crippen LogP contribution in [0.5, 0.6) is 5.75 Å². The lowest BCUT2D eigenvalue weighted by Crippen LogP contribution is -2.26. The standard InChI is InChI=1S/C14H16N2O3S/c1-11-5-4-6-12(7-11)16(2)20(17,18)14-8-13(19-3)9-15-10-14/h4-10H,1-3H3. The summed E-state index contributed by atoms with van der Waals surface area (Å²) >= 11 is 0. The first-order valence-corrected chi connectivity index (χ1v) is 7.44. The first kappa shape index (κ1) is 14.3. The van der Waals surface area contributed by atoms with Crippen molar-refractivity contribution in [1.29, 1.82) is 0 Å². The van der Waals surface area contributed by atoms with Crippen LogP contribution in [-0.4, -0.2) is 27.6 Å². The van der Waals surface area contributed by atoms with Gasteiger partial charge in [0, 0.05) is 19.3 Å². The van der Waals surface area contributed by atoms with E-state index in [2.05, 4.69) is 4.98 Å². The second kappa shape index (κ2) is 5.50. The average Bonchev–Trinajstić information content (AvgIpc) is 2.46. The van der Waals surface area contributed by atoms with Crippen molar-refractivity contribution >= 4 is 15.7 Å². The lowest BCUT2D eigenvalue weighted by atomic mass is 10.2. The number of rotatable bonds is 4. The van der Waals surface area contributed by atoms with Crippen LogP contribution >= 0.6 is 0 Å². The van der Waals surface area contributed by atoms with E-state index in [1.54, 1.807) is 6.07 Å². The Balaban J connectivity index is 2.43. The fraction of sp³-hybridized carbons (Fsp3) is 0.214. The first-order chi connectivity index (χ1) is 9.45. The zero-order chi connectivity index (χ0) is 14.8. The molecule has 1 aromatic heterocycles. The molecule has 0 spiro atoms. The summed E-state index contributed by atoms with van der Waals surface area (Å²) in [6.07, 6.45) is 2.77. The Morgan fingerprint density at radius 2 is 1.95 bits per heavy atom. The van der Waals surface area contributed by atoms with E-state index >= 15 is 0 Å². The van der Waals surface area contributed by atoms with Crippen molar-refractivity contribution in [2.24, 2.45) is 0 Å². The van der Waals surface area contributed by atoms with E-state index in [0.717, 1.165) is 5.56 Å². The minimum Gasteiger partial charge on any atom is -0.495 e. The number of anilines is 1. The maximum absolute atomic E-state index is 12.5. The van der Waals surface area contributed by atoms with Crippen LogP contribution in [0.1, 0.15) is 5.56 Å². The second-order valence-electron chi connectivity index (χ2n) is 4.37. The maximum Gasteiger partial charge on any atom is 0.265 e. The number of hydrogen-bond donors (Lipinski definition) is 0. The van der Waals surface area contributed by atoms with Gasteiger partial charge in [-0.2, -0.15) is 0 Å². The molecule has 20 heavy (non-hydrogen) atoms. The van der Waals surface area contributed by atoms with Crippen LogP contribution in [0.15, 0.2) is 47.6 Å². The quantitative estimate of drug-likeness (QED) is 0.867. The van der Waals surface area contributed by atoms with Gasteiger partial charge in [0.2, 0.25) is 0 Å². The molecule has 0 amide bonds. The van der Waals surface area contributed by atoms with E-state index in [9.17, 15) is 8.42 Å². The number of nitrogens with zero attached hydrogens (tertiary/aromatic N) is 2. The molecule has 0 bridgehead atoms. The van der Waals surface area contributed by atoms with Crippen LogP contribution in [0, 0.1) is 6.92 Å². The summed E-state index contributed by atoms with van der Waals surface area (Å²) in [5, 5.41) is 0. The second-order valence-corrected chi connectivity index (χ2v) is 6.34. The number of methoxy groups -OCH3 is 1. The molecule has 2 rings (SSSR count). The molecule has 2 aromatic rings. The predicted octanol–water partition coefficient (Wildman–Crippen LogP) is 2.22. The summed E-state index contributed by atoms with van der Waals surface area (Å²) in [6.45, 7) is 1.91. The minimum atomic E-state index is -3.65. The number of ether oxygens (including phenoxy) is 1. The van der Waals surface area contributed by atoms with Gasteiger partial charge in [-0.25, -0.2) is 8.42 Å². The number of aromatic nitrogens is 1. The third kappa shape index (κ3) is 2.75. The highest BCUT2D eigenvalue weighted by Crippen LogP contribution is 2.24. The van der Waals surface area contributed by atoms with Crippen molar-refractivity contribution < 1.29 is 13.2 Å². The summed E-state index contributed by atoms with van der Waals surface area (Å²) in [7, 11) is -0.663. The molecular formula is C14H16N2O3S. The molecule has 106 valence electrons. The number of sulfonamides is 1. The highest BCUT2D eigenvalue weighted by Gasteiger charge is 2.22. The molecule has 0 saturated carbocycles. The molecule has 0 atom stereocenters. The van der Waals surface area contributed by atoms with Gasteiger partial charge in [0.25, 0.3) is 10.0 Å². The lowest BCUT2D eigenvalue weighted by molar-refractivity contribution is 0.411. The van der Waals surface area contributed by atoms with Crippen molar-refractivity contribution in [3.63, 3.8) is 0 Å². The van der Waals surface area contributed by atoms with Crippen LogP contribution < -0.4 is 9.04 Å². The molecule has 0 aliphatic heterocycles. The molecular weight excluding hydrogens is 276 g/mol. The summed E-state index contributed by atoms with van der Waals surface area (Å²) in [5.74, 6) is 0.406. The van der Waals surface area contributed by atoms with E-state index < -0.39 is 10.0 Å².